The van der Waals surface area contributed by atoms with Crippen molar-refractivity contribution in [1.29, 1.82) is 0 Å². The van der Waals surface area contributed by atoms with Crippen LogP contribution in [0, 0.1) is 0 Å². The number of carbonyl (C=O) groups excluding carboxylic acids is 1. The lowest BCUT2D eigenvalue weighted by Gasteiger charge is -2.04. The first-order valence-electron chi connectivity index (χ1n) is 6.66. The molecule has 0 amide bonds. The van der Waals surface area contributed by atoms with Gasteiger partial charge in [0.15, 0.2) is 0 Å². The van der Waals surface area contributed by atoms with Gasteiger partial charge in [-0.3, -0.25) is 14.6 Å². The number of aromatic nitrogens is 3. The van der Waals surface area contributed by atoms with E-state index >= 15 is 0 Å². The zero-order valence-electron chi connectivity index (χ0n) is 11.6. The van der Waals surface area contributed by atoms with Crippen LogP contribution < -0.4 is 11.3 Å². The van der Waals surface area contributed by atoms with E-state index in [9.17, 15) is 9.59 Å². The van der Waals surface area contributed by atoms with Crippen molar-refractivity contribution in [1.82, 2.24) is 14.5 Å². The van der Waals surface area contributed by atoms with E-state index in [0.29, 0.717) is 23.1 Å². The number of aromatic amines is 1. The van der Waals surface area contributed by atoms with E-state index in [2.05, 4.69) is 9.97 Å². The predicted molar refractivity (Wildman–Crippen MR) is 85.0 cm³/mol. The maximum atomic E-state index is 12.1. The lowest BCUT2D eigenvalue weighted by atomic mass is 10.2. The molecule has 0 fully saturated rings. The van der Waals surface area contributed by atoms with Gasteiger partial charge in [0.05, 0.1) is 5.39 Å². The van der Waals surface area contributed by atoms with Crippen LogP contribution in [0.25, 0.3) is 17.1 Å². The molecule has 6 heteroatoms. The Hall–Kier alpha value is -3.15. The summed E-state index contributed by atoms with van der Waals surface area (Å²) in [6.45, 7) is 0.547. The number of nitrogens with zero attached hydrogens (tertiary/aromatic N) is 2. The number of hydrogen-bond acceptors (Lipinski definition) is 4. The fourth-order valence-corrected chi connectivity index (χ4v) is 2.39. The van der Waals surface area contributed by atoms with Gasteiger partial charge in [0.2, 0.25) is 12.2 Å². The number of nitrogens with one attached hydrogen (secondary N) is 1. The summed E-state index contributed by atoms with van der Waals surface area (Å²) < 4.78 is 1.83. The summed E-state index contributed by atoms with van der Waals surface area (Å²) in [5, 5.41) is 0.400. The van der Waals surface area contributed by atoms with Crippen molar-refractivity contribution in [2.24, 2.45) is 0 Å². The van der Waals surface area contributed by atoms with E-state index in [0.717, 1.165) is 5.56 Å². The molecule has 3 aromatic rings. The standard InChI is InChI=1S/C16H13N4O2/c17-16-18-14-13(15(22)19-16)12(7-4-8-21)10-20(14)9-11-5-2-1-3-6-11/h1-7,10H,9H2,(H3,17,18,19,22). The first-order chi connectivity index (χ1) is 10.7. The van der Waals surface area contributed by atoms with Crippen molar-refractivity contribution in [3.05, 3.63) is 64.1 Å². The van der Waals surface area contributed by atoms with Gasteiger partial charge in [-0.25, -0.2) is 0 Å². The van der Waals surface area contributed by atoms with Crippen molar-refractivity contribution in [3.63, 3.8) is 0 Å². The maximum Gasteiger partial charge on any atom is 0.262 e. The van der Waals surface area contributed by atoms with Crippen molar-refractivity contribution in [3.8, 4) is 0 Å². The summed E-state index contributed by atoms with van der Waals surface area (Å²) in [4.78, 5) is 29.2. The van der Waals surface area contributed by atoms with E-state index in [4.69, 9.17) is 5.73 Å². The molecular weight excluding hydrogens is 280 g/mol. The second-order valence-corrected chi connectivity index (χ2v) is 4.80. The first kappa shape index (κ1) is 13.8. The van der Waals surface area contributed by atoms with Gasteiger partial charge in [-0.2, -0.15) is 4.98 Å². The quantitative estimate of drug-likeness (QED) is 0.712. The molecule has 2 aromatic heterocycles. The fourth-order valence-electron chi connectivity index (χ4n) is 2.39. The summed E-state index contributed by atoms with van der Waals surface area (Å²) in [7, 11) is 0. The summed E-state index contributed by atoms with van der Waals surface area (Å²) >= 11 is 0. The first-order valence-corrected chi connectivity index (χ1v) is 6.66. The van der Waals surface area contributed by atoms with Gasteiger partial charge in [-0.05, 0) is 17.7 Å². The van der Waals surface area contributed by atoms with Crippen LogP contribution in [0.4, 0.5) is 5.95 Å². The van der Waals surface area contributed by atoms with Crippen molar-refractivity contribution >= 4 is 29.3 Å². The minimum atomic E-state index is -0.333. The molecule has 0 saturated carbocycles. The molecule has 0 aliphatic heterocycles. The van der Waals surface area contributed by atoms with Gasteiger partial charge in [0.25, 0.3) is 5.56 Å². The molecule has 0 saturated heterocycles. The number of fused-ring (bicyclic) bond motifs is 1. The third-order valence-corrected chi connectivity index (χ3v) is 3.30. The van der Waals surface area contributed by atoms with E-state index < -0.39 is 0 Å². The van der Waals surface area contributed by atoms with Gasteiger partial charge >= 0.3 is 0 Å². The molecule has 3 N–H and O–H groups in total. The zero-order valence-corrected chi connectivity index (χ0v) is 11.6. The lowest BCUT2D eigenvalue weighted by Crippen LogP contribution is -2.12. The molecule has 2 heterocycles. The van der Waals surface area contributed by atoms with Crippen molar-refractivity contribution in [2.75, 3.05) is 5.73 Å². The Balaban J connectivity index is 2.19. The normalized spacial score (nSPS) is 11.3. The lowest BCUT2D eigenvalue weighted by molar-refractivity contribution is 0.564. The molecule has 6 nitrogen and oxygen atoms in total. The van der Waals surface area contributed by atoms with Crippen LogP contribution in [0.5, 0.6) is 0 Å². The summed E-state index contributed by atoms with van der Waals surface area (Å²) in [6.07, 6.45) is 6.20. The Morgan fingerprint density at radius 1 is 1.32 bits per heavy atom. The molecule has 0 aliphatic rings. The van der Waals surface area contributed by atoms with Gasteiger partial charge < -0.3 is 10.3 Å². The Labute approximate surface area is 125 Å². The van der Waals surface area contributed by atoms with Crippen LogP contribution in [-0.4, -0.2) is 20.8 Å². The Bertz CT molecular complexity index is 907. The Morgan fingerprint density at radius 2 is 2.09 bits per heavy atom. The highest BCUT2D eigenvalue weighted by atomic mass is 16.1. The van der Waals surface area contributed by atoms with E-state index in [-0.39, 0.29) is 11.5 Å². The van der Waals surface area contributed by atoms with Gasteiger partial charge in [-0.1, -0.05) is 30.3 Å². The van der Waals surface area contributed by atoms with Crippen LogP contribution >= 0.6 is 0 Å². The van der Waals surface area contributed by atoms with Gasteiger partial charge in [-0.15, -0.1) is 0 Å². The molecule has 22 heavy (non-hydrogen) atoms. The predicted octanol–water partition coefficient (Wildman–Crippen LogP) is 1.48. The van der Waals surface area contributed by atoms with Crippen LogP contribution in [0.1, 0.15) is 11.1 Å². The second-order valence-electron chi connectivity index (χ2n) is 4.80. The number of nitrogen functional groups attached to an aromatic ring is 1. The SMILES string of the molecule is Nc1nc2c(c(C=C[C]=O)cn2Cc2ccccc2)c(=O)[nH]1. The largest absolute Gasteiger partial charge is 0.369 e. The number of hydrogen-bond donors (Lipinski definition) is 2. The highest BCUT2D eigenvalue weighted by Gasteiger charge is 2.13. The highest BCUT2D eigenvalue weighted by molar-refractivity contribution is 5.89. The number of anilines is 1. The van der Waals surface area contributed by atoms with Crippen LogP contribution in [0.2, 0.25) is 0 Å². The highest BCUT2D eigenvalue weighted by Crippen LogP contribution is 2.19. The summed E-state index contributed by atoms with van der Waals surface area (Å²) in [6, 6.07) is 9.79. The van der Waals surface area contributed by atoms with Gasteiger partial charge in [0, 0.05) is 18.3 Å². The smallest absolute Gasteiger partial charge is 0.262 e. The molecule has 0 unspecified atom stereocenters. The van der Waals surface area contributed by atoms with E-state index in [1.54, 1.807) is 12.5 Å². The molecule has 3 rings (SSSR count). The van der Waals surface area contributed by atoms with Crippen molar-refractivity contribution < 1.29 is 4.79 Å². The average Bonchev–Trinajstić information content (AvgIpc) is 2.84. The second kappa shape index (κ2) is 5.69. The summed E-state index contributed by atoms with van der Waals surface area (Å²) in [5.74, 6) is 0.0578. The number of H-pyrrole nitrogens is 1. The van der Waals surface area contributed by atoms with Gasteiger partial charge in [0.1, 0.15) is 5.65 Å². The fraction of sp³-hybridized carbons (Fsp3) is 0.0625. The van der Waals surface area contributed by atoms with E-state index in [1.807, 2.05) is 34.9 Å². The minimum Gasteiger partial charge on any atom is -0.369 e. The van der Waals surface area contributed by atoms with Crippen LogP contribution in [0.3, 0.4) is 0 Å². The van der Waals surface area contributed by atoms with Crippen LogP contribution in [0.15, 0.2) is 47.4 Å². The molecular formula is C16H13N4O2. The average molecular weight is 293 g/mol. The molecule has 0 bridgehead atoms. The van der Waals surface area contributed by atoms with Crippen molar-refractivity contribution in [2.45, 2.75) is 6.54 Å². The molecule has 0 atom stereocenters. The van der Waals surface area contributed by atoms with Crippen LogP contribution in [-0.2, 0) is 11.3 Å². The topological polar surface area (TPSA) is 93.8 Å². The molecule has 1 aromatic carbocycles. The number of rotatable bonds is 4. The Kier molecular flexibility index (Phi) is 3.57. The van der Waals surface area contributed by atoms with E-state index in [1.165, 1.54) is 12.2 Å². The molecule has 0 aliphatic carbocycles. The molecule has 1 radical (unpaired) electrons. The molecule has 0 spiro atoms. The monoisotopic (exact) mass is 293 g/mol. The Morgan fingerprint density at radius 3 is 2.82 bits per heavy atom. The molecule has 109 valence electrons. The zero-order chi connectivity index (χ0) is 15.5. The third-order valence-electron chi connectivity index (χ3n) is 3.30. The number of nitrogens with two attached hydrogens (primary N) is 1. The number of allylic oxidation sites excluding steroid dienone is 1. The maximum absolute atomic E-state index is 12.1. The summed E-state index contributed by atoms with van der Waals surface area (Å²) in [5.41, 5.74) is 7.45. The number of benzene rings is 1. The third kappa shape index (κ3) is 2.54. The minimum absolute atomic E-state index is 0.0578.